The largest absolute Gasteiger partial charge is 0.467 e. The lowest BCUT2D eigenvalue weighted by molar-refractivity contribution is -0.122. The van der Waals surface area contributed by atoms with Crippen LogP contribution in [0.5, 0.6) is 0 Å². The molecule has 100 valence electrons. The second-order valence-corrected chi connectivity index (χ2v) is 4.36. The molecule has 0 aliphatic carbocycles. The van der Waals surface area contributed by atoms with Crippen LogP contribution in [0.25, 0.3) is 0 Å². The summed E-state index contributed by atoms with van der Waals surface area (Å²) in [5.74, 6) is 0.745. The van der Waals surface area contributed by atoms with E-state index in [0.717, 1.165) is 11.3 Å². The minimum atomic E-state index is -0.305. The van der Waals surface area contributed by atoms with Crippen LogP contribution >= 0.6 is 0 Å². The summed E-state index contributed by atoms with van der Waals surface area (Å²) < 4.78 is 5.47. The number of rotatable bonds is 5. The van der Waals surface area contributed by atoms with Crippen LogP contribution in [-0.4, -0.2) is 19.0 Å². The lowest BCUT2D eigenvalue weighted by Crippen LogP contribution is -2.42. The van der Waals surface area contributed by atoms with E-state index in [1.165, 1.54) is 0 Å². The molecule has 0 aliphatic rings. The molecule has 2 N–H and O–H groups in total. The number of hydrogen-bond donors (Lipinski definition) is 2. The Morgan fingerprint density at radius 3 is 2.47 bits per heavy atom. The van der Waals surface area contributed by atoms with E-state index in [1.807, 2.05) is 49.4 Å². The summed E-state index contributed by atoms with van der Waals surface area (Å²) >= 11 is 0. The predicted octanol–water partition coefficient (Wildman–Crippen LogP) is 2.09. The number of amides is 1. The Bertz CT molecular complexity index is 508. The fourth-order valence-corrected chi connectivity index (χ4v) is 1.99. The third-order valence-corrected chi connectivity index (χ3v) is 3.02. The third kappa shape index (κ3) is 3.23. The number of benzene rings is 1. The Kier molecular flexibility index (Phi) is 4.36. The summed E-state index contributed by atoms with van der Waals surface area (Å²) in [5, 5.41) is 5.92. The van der Waals surface area contributed by atoms with Crippen LogP contribution in [0, 0.1) is 0 Å². The Labute approximate surface area is 112 Å². The molecule has 0 radical (unpaired) electrons. The second-order valence-electron chi connectivity index (χ2n) is 4.36. The molecule has 0 fully saturated rings. The SMILES string of the molecule is CNC(=O)[C@H](C)N[C@@H](c1ccccc1)c1ccco1. The Balaban J connectivity index is 2.24. The summed E-state index contributed by atoms with van der Waals surface area (Å²) in [5.41, 5.74) is 1.06. The zero-order chi connectivity index (χ0) is 13.7. The van der Waals surface area contributed by atoms with Gasteiger partial charge in [0.2, 0.25) is 5.91 Å². The normalized spacial score (nSPS) is 13.8. The molecule has 4 heteroatoms. The van der Waals surface area contributed by atoms with Crippen molar-refractivity contribution in [2.24, 2.45) is 0 Å². The van der Waals surface area contributed by atoms with Gasteiger partial charge in [-0.05, 0) is 24.6 Å². The highest BCUT2D eigenvalue weighted by atomic mass is 16.3. The van der Waals surface area contributed by atoms with Crippen molar-refractivity contribution >= 4 is 5.91 Å². The van der Waals surface area contributed by atoms with Gasteiger partial charge in [-0.2, -0.15) is 0 Å². The molecule has 1 heterocycles. The lowest BCUT2D eigenvalue weighted by Gasteiger charge is -2.21. The molecule has 4 nitrogen and oxygen atoms in total. The topological polar surface area (TPSA) is 54.3 Å². The lowest BCUT2D eigenvalue weighted by atomic mass is 10.0. The standard InChI is InChI=1S/C15H18N2O2/c1-11(15(18)16-2)17-14(13-9-6-10-19-13)12-7-4-3-5-8-12/h3-11,14,17H,1-2H3,(H,16,18)/t11-,14-/m0/s1. The minimum Gasteiger partial charge on any atom is -0.467 e. The van der Waals surface area contributed by atoms with Crippen LogP contribution < -0.4 is 10.6 Å². The first-order valence-corrected chi connectivity index (χ1v) is 6.28. The molecular formula is C15H18N2O2. The highest BCUT2D eigenvalue weighted by molar-refractivity contribution is 5.81. The van der Waals surface area contributed by atoms with Gasteiger partial charge in [-0.1, -0.05) is 30.3 Å². The summed E-state index contributed by atoms with van der Waals surface area (Å²) in [6, 6.07) is 13.2. The quantitative estimate of drug-likeness (QED) is 0.863. The Hall–Kier alpha value is -2.07. The molecule has 2 atom stereocenters. The van der Waals surface area contributed by atoms with Gasteiger partial charge < -0.3 is 9.73 Å². The van der Waals surface area contributed by atoms with Gasteiger partial charge in [-0.3, -0.25) is 10.1 Å². The predicted molar refractivity (Wildman–Crippen MR) is 73.7 cm³/mol. The maximum atomic E-state index is 11.6. The average Bonchev–Trinajstić information content (AvgIpc) is 2.98. The molecule has 0 saturated carbocycles. The molecule has 0 saturated heterocycles. The van der Waals surface area contributed by atoms with Crippen molar-refractivity contribution in [3.8, 4) is 0 Å². The van der Waals surface area contributed by atoms with Crippen molar-refractivity contribution in [1.82, 2.24) is 10.6 Å². The van der Waals surface area contributed by atoms with E-state index < -0.39 is 0 Å². The summed E-state index contributed by atoms with van der Waals surface area (Å²) in [7, 11) is 1.63. The highest BCUT2D eigenvalue weighted by Crippen LogP contribution is 2.22. The zero-order valence-corrected chi connectivity index (χ0v) is 11.1. The van der Waals surface area contributed by atoms with Gasteiger partial charge in [0.25, 0.3) is 0 Å². The van der Waals surface area contributed by atoms with Gasteiger partial charge in [0.15, 0.2) is 0 Å². The van der Waals surface area contributed by atoms with Crippen LogP contribution in [0.2, 0.25) is 0 Å². The zero-order valence-electron chi connectivity index (χ0n) is 11.1. The van der Waals surface area contributed by atoms with Crippen molar-refractivity contribution in [3.63, 3.8) is 0 Å². The molecule has 19 heavy (non-hydrogen) atoms. The first kappa shape index (κ1) is 13.4. The molecular weight excluding hydrogens is 240 g/mol. The van der Waals surface area contributed by atoms with Crippen LogP contribution in [0.15, 0.2) is 53.1 Å². The molecule has 0 unspecified atom stereocenters. The van der Waals surface area contributed by atoms with Crippen LogP contribution in [0.1, 0.15) is 24.3 Å². The van der Waals surface area contributed by atoms with E-state index in [-0.39, 0.29) is 18.0 Å². The summed E-state index contributed by atoms with van der Waals surface area (Å²) in [6.07, 6.45) is 1.64. The Morgan fingerprint density at radius 1 is 1.16 bits per heavy atom. The number of nitrogens with one attached hydrogen (secondary N) is 2. The van der Waals surface area contributed by atoms with E-state index >= 15 is 0 Å². The maximum Gasteiger partial charge on any atom is 0.236 e. The molecule has 1 aromatic heterocycles. The van der Waals surface area contributed by atoms with Crippen molar-refractivity contribution in [1.29, 1.82) is 0 Å². The molecule has 2 aromatic rings. The van der Waals surface area contributed by atoms with E-state index in [9.17, 15) is 4.79 Å². The molecule has 0 aliphatic heterocycles. The monoisotopic (exact) mass is 258 g/mol. The van der Waals surface area contributed by atoms with E-state index in [4.69, 9.17) is 4.42 Å². The second kappa shape index (κ2) is 6.20. The van der Waals surface area contributed by atoms with Gasteiger partial charge in [0.1, 0.15) is 5.76 Å². The van der Waals surface area contributed by atoms with Crippen LogP contribution in [-0.2, 0) is 4.79 Å². The van der Waals surface area contributed by atoms with Crippen molar-refractivity contribution in [2.75, 3.05) is 7.05 Å². The molecule has 0 bridgehead atoms. The number of hydrogen-bond acceptors (Lipinski definition) is 3. The summed E-state index contributed by atoms with van der Waals surface area (Å²) in [4.78, 5) is 11.6. The van der Waals surface area contributed by atoms with E-state index in [2.05, 4.69) is 10.6 Å². The number of carbonyl (C=O) groups excluding carboxylic acids is 1. The third-order valence-electron chi connectivity index (χ3n) is 3.02. The van der Waals surface area contributed by atoms with Gasteiger partial charge in [0.05, 0.1) is 18.3 Å². The fourth-order valence-electron chi connectivity index (χ4n) is 1.99. The van der Waals surface area contributed by atoms with Gasteiger partial charge in [-0.25, -0.2) is 0 Å². The first-order chi connectivity index (χ1) is 9.22. The van der Waals surface area contributed by atoms with Crippen LogP contribution in [0.4, 0.5) is 0 Å². The first-order valence-electron chi connectivity index (χ1n) is 6.28. The van der Waals surface area contributed by atoms with E-state index in [1.54, 1.807) is 13.3 Å². The van der Waals surface area contributed by atoms with Gasteiger partial charge >= 0.3 is 0 Å². The Morgan fingerprint density at radius 2 is 1.89 bits per heavy atom. The van der Waals surface area contributed by atoms with Gasteiger partial charge in [0, 0.05) is 7.05 Å². The minimum absolute atomic E-state index is 0.0486. The van der Waals surface area contributed by atoms with Crippen molar-refractivity contribution < 1.29 is 9.21 Å². The van der Waals surface area contributed by atoms with E-state index in [0.29, 0.717) is 0 Å². The smallest absolute Gasteiger partial charge is 0.236 e. The highest BCUT2D eigenvalue weighted by Gasteiger charge is 2.21. The van der Waals surface area contributed by atoms with Crippen molar-refractivity contribution in [3.05, 3.63) is 60.1 Å². The summed E-state index contributed by atoms with van der Waals surface area (Å²) in [6.45, 7) is 1.83. The molecule has 1 amide bonds. The average molecular weight is 258 g/mol. The van der Waals surface area contributed by atoms with Crippen LogP contribution in [0.3, 0.4) is 0 Å². The molecule has 0 spiro atoms. The number of carbonyl (C=O) groups is 1. The van der Waals surface area contributed by atoms with Gasteiger partial charge in [-0.15, -0.1) is 0 Å². The number of likely N-dealkylation sites (N-methyl/N-ethyl adjacent to an activating group) is 1. The maximum absolute atomic E-state index is 11.6. The van der Waals surface area contributed by atoms with Crippen molar-refractivity contribution in [2.45, 2.75) is 19.0 Å². The molecule has 1 aromatic carbocycles. The fraction of sp³-hybridized carbons (Fsp3) is 0.267. The molecule has 2 rings (SSSR count). The number of furan rings is 1.